The summed E-state index contributed by atoms with van der Waals surface area (Å²) in [6.07, 6.45) is 2.75. The first-order valence-electron chi connectivity index (χ1n) is 5.85. The van der Waals surface area contributed by atoms with E-state index in [0.717, 1.165) is 22.7 Å². The molecule has 0 unspecified atom stereocenters. The number of benzene rings is 1. The highest BCUT2D eigenvalue weighted by Crippen LogP contribution is 2.25. The number of hydrogen-bond donors (Lipinski definition) is 1. The lowest BCUT2D eigenvalue weighted by Crippen LogP contribution is -2.26. The summed E-state index contributed by atoms with van der Waals surface area (Å²) in [5.74, 6) is 0.332. The predicted octanol–water partition coefficient (Wildman–Crippen LogP) is 2.85. The van der Waals surface area contributed by atoms with Crippen LogP contribution < -0.4 is 4.40 Å². The molecule has 0 atom stereocenters. The van der Waals surface area contributed by atoms with Crippen molar-refractivity contribution < 1.29 is 9.51 Å². The summed E-state index contributed by atoms with van der Waals surface area (Å²) in [6.45, 7) is 2.12. The summed E-state index contributed by atoms with van der Waals surface area (Å²) in [6, 6.07) is 14.2. The van der Waals surface area contributed by atoms with E-state index < -0.39 is 0 Å². The molecular weight excluding hydrogens is 210 g/mol. The molecule has 3 rings (SSSR count). The van der Waals surface area contributed by atoms with Gasteiger partial charge in [0.05, 0.1) is 5.39 Å². The van der Waals surface area contributed by atoms with Crippen LogP contribution in [-0.4, -0.2) is 5.11 Å². The molecule has 0 aliphatic heterocycles. The molecule has 0 saturated carbocycles. The Bertz CT molecular complexity index is 704. The van der Waals surface area contributed by atoms with Crippen LogP contribution in [0.4, 0.5) is 0 Å². The Hall–Kier alpha value is -2.09. The maximum absolute atomic E-state index is 10.1. The number of aromatic hydroxyl groups is 1. The fourth-order valence-electron chi connectivity index (χ4n) is 2.35. The number of aromatic nitrogens is 1. The second kappa shape index (κ2) is 3.74. The quantitative estimate of drug-likeness (QED) is 0.499. The van der Waals surface area contributed by atoms with Crippen molar-refractivity contribution in [2.75, 3.05) is 0 Å². The lowest BCUT2D eigenvalue weighted by Gasteiger charge is -2.03. The average Bonchev–Trinajstić information content (AvgIpc) is 2.39. The molecule has 1 aromatic carbocycles. The average molecular weight is 224 g/mol. The van der Waals surface area contributed by atoms with Gasteiger partial charge in [0.1, 0.15) is 0 Å². The summed E-state index contributed by atoms with van der Waals surface area (Å²) < 4.78 is 2.07. The van der Waals surface area contributed by atoms with Gasteiger partial charge < -0.3 is 5.11 Å². The van der Waals surface area contributed by atoms with Crippen molar-refractivity contribution in [2.45, 2.75) is 13.3 Å². The standard InChI is InChI=1S/C15H13NO/c1-2-11-6-5-9-14-12-7-3-4-8-13(12)15(17)10-16(11)14/h3-10H,2H2,1H3/p+1. The number of pyridine rings is 2. The summed E-state index contributed by atoms with van der Waals surface area (Å²) in [5.41, 5.74) is 2.33. The molecule has 0 amide bonds. The van der Waals surface area contributed by atoms with E-state index in [2.05, 4.69) is 29.5 Å². The molecule has 2 heteroatoms. The molecule has 2 nitrogen and oxygen atoms in total. The van der Waals surface area contributed by atoms with E-state index in [-0.39, 0.29) is 0 Å². The third-order valence-electron chi connectivity index (χ3n) is 3.20. The minimum Gasteiger partial charge on any atom is -0.502 e. The molecule has 3 aromatic rings. The summed E-state index contributed by atoms with van der Waals surface area (Å²) in [5, 5.41) is 12.1. The molecule has 84 valence electrons. The Morgan fingerprint density at radius 3 is 2.53 bits per heavy atom. The van der Waals surface area contributed by atoms with Crippen molar-refractivity contribution in [3.05, 3.63) is 54.4 Å². The maximum Gasteiger partial charge on any atom is 0.218 e. The molecule has 0 bridgehead atoms. The highest BCUT2D eigenvalue weighted by atomic mass is 16.3. The van der Waals surface area contributed by atoms with Crippen molar-refractivity contribution in [3.8, 4) is 5.75 Å². The lowest BCUT2D eigenvalue weighted by atomic mass is 10.1. The molecule has 0 fully saturated rings. The normalized spacial score (nSPS) is 11.1. The number of aryl methyl sites for hydroxylation is 1. The Balaban J connectivity index is 2.57. The fourth-order valence-corrected chi connectivity index (χ4v) is 2.35. The summed E-state index contributed by atoms with van der Waals surface area (Å²) in [4.78, 5) is 0. The van der Waals surface area contributed by atoms with Gasteiger partial charge in [-0.15, -0.1) is 0 Å². The van der Waals surface area contributed by atoms with Gasteiger partial charge in [0, 0.05) is 23.9 Å². The highest BCUT2D eigenvalue weighted by molar-refractivity contribution is 5.96. The van der Waals surface area contributed by atoms with Crippen LogP contribution in [0.2, 0.25) is 0 Å². The van der Waals surface area contributed by atoms with Crippen LogP contribution in [-0.2, 0) is 6.42 Å². The molecule has 0 radical (unpaired) electrons. The zero-order valence-electron chi connectivity index (χ0n) is 9.72. The third kappa shape index (κ3) is 1.45. The van der Waals surface area contributed by atoms with E-state index in [9.17, 15) is 5.11 Å². The van der Waals surface area contributed by atoms with E-state index in [1.54, 1.807) is 6.20 Å². The van der Waals surface area contributed by atoms with Gasteiger partial charge in [-0.25, -0.2) is 0 Å². The fraction of sp³-hybridized carbons (Fsp3) is 0.133. The van der Waals surface area contributed by atoms with Crippen LogP contribution in [0.3, 0.4) is 0 Å². The van der Waals surface area contributed by atoms with Gasteiger partial charge in [0.25, 0.3) is 0 Å². The van der Waals surface area contributed by atoms with Gasteiger partial charge in [0.2, 0.25) is 11.7 Å². The van der Waals surface area contributed by atoms with Crippen LogP contribution in [0.15, 0.2) is 48.7 Å². The first-order chi connectivity index (χ1) is 8.31. The van der Waals surface area contributed by atoms with Crippen LogP contribution in [0.25, 0.3) is 16.3 Å². The van der Waals surface area contributed by atoms with Crippen LogP contribution >= 0.6 is 0 Å². The second-order valence-corrected chi connectivity index (χ2v) is 4.19. The summed E-state index contributed by atoms with van der Waals surface area (Å²) >= 11 is 0. The molecule has 0 saturated heterocycles. The van der Waals surface area contributed by atoms with Gasteiger partial charge in [-0.05, 0) is 12.1 Å². The monoisotopic (exact) mass is 224 g/mol. The molecule has 2 heterocycles. The molecule has 0 spiro atoms. The van der Waals surface area contributed by atoms with Crippen LogP contribution in [0, 0.1) is 0 Å². The number of fused-ring (bicyclic) bond motifs is 3. The Morgan fingerprint density at radius 2 is 1.76 bits per heavy atom. The van der Waals surface area contributed by atoms with E-state index in [4.69, 9.17) is 0 Å². The largest absolute Gasteiger partial charge is 0.502 e. The van der Waals surface area contributed by atoms with Crippen LogP contribution in [0.1, 0.15) is 12.6 Å². The smallest absolute Gasteiger partial charge is 0.218 e. The Kier molecular flexibility index (Phi) is 2.22. The zero-order chi connectivity index (χ0) is 11.8. The van der Waals surface area contributed by atoms with Crippen molar-refractivity contribution in [1.29, 1.82) is 0 Å². The van der Waals surface area contributed by atoms with E-state index in [0.29, 0.717) is 5.75 Å². The van der Waals surface area contributed by atoms with E-state index in [1.165, 1.54) is 5.69 Å². The maximum atomic E-state index is 10.1. The van der Waals surface area contributed by atoms with Crippen LogP contribution in [0.5, 0.6) is 5.75 Å². The molecule has 1 N–H and O–H groups in total. The van der Waals surface area contributed by atoms with Crippen molar-refractivity contribution in [2.24, 2.45) is 0 Å². The SMILES string of the molecule is CCc1cccc2c3ccccc3c(O)c[n+]12. The molecule has 0 aliphatic carbocycles. The van der Waals surface area contributed by atoms with Gasteiger partial charge >= 0.3 is 0 Å². The second-order valence-electron chi connectivity index (χ2n) is 4.19. The minimum absolute atomic E-state index is 0.332. The van der Waals surface area contributed by atoms with Gasteiger partial charge in [0.15, 0.2) is 11.4 Å². The zero-order valence-corrected chi connectivity index (χ0v) is 9.72. The Morgan fingerprint density at radius 1 is 1.00 bits per heavy atom. The first-order valence-corrected chi connectivity index (χ1v) is 5.85. The summed E-state index contributed by atoms with van der Waals surface area (Å²) in [7, 11) is 0. The van der Waals surface area contributed by atoms with E-state index >= 15 is 0 Å². The molecule has 0 aliphatic rings. The topological polar surface area (TPSA) is 24.3 Å². The highest BCUT2D eigenvalue weighted by Gasteiger charge is 2.14. The van der Waals surface area contributed by atoms with Crippen molar-refractivity contribution in [1.82, 2.24) is 0 Å². The first kappa shape index (κ1) is 10.1. The number of hydrogen-bond acceptors (Lipinski definition) is 1. The Labute approximate surface area is 99.8 Å². The van der Waals surface area contributed by atoms with Gasteiger partial charge in [-0.2, -0.15) is 4.40 Å². The molecule has 17 heavy (non-hydrogen) atoms. The van der Waals surface area contributed by atoms with Gasteiger partial charge in [-0.3, -0.25) is 0 Å². The van der Waals surface area contributed by atoms with Crippen molar-refractivity contribution >= 4 is 16.3 Å². The van der Waals surface area contributed by atoms with Crippen molar-refractivity contribution in [3.63, 3.8) is 0 Å². The lowest BCUT2D eigenvalue weighted by molar-refractivity contribution is -0.521. The molecule has 2 aromatic heterocycles. The molecular formula is C15H14NO+. The third-order valence-corrected chi connectivity index (χ3v) is 3.20. The minimum atomic E-state index is 0.332. The van der Waals surface area contributed by atoms with Gasteiger partial charge in [-0.1, -0.05) is 25.1 Å². The predicted molar refractivity (Wildman–Crippen MR) is 68.2 cm³/mol. The number of nitrogens with zero attached hydrogens (tertiary/aromatic N) is 1. The van der Waals surface area contributed by atoms with E-state index in [1.807, 2.05) is 24.3 Å². The number of rotatable bonds is 1.